The minimum atomic E-state index is -0.120. The molecule has 110 valence electrons. The zero-order valence-electron chi connectivity index (χ0n) is 11.6. The average Bonchev–Trinajstić information content (AvgIpc) is 3.01. The quantitative estimate of drug-likeness (QED) is 0.435. The number of nitrogens with two attached hydrogens (primary N) is 1. The van der Waals surface area contributed by atoms with Gasteiger partial charge in [0.25, 0.3) is 5.91 Å². The van der Waals surface area contributed by atoms with Gasteiger partial charge < -0.3 is 16.0 Å². The van der Waals surface area contributed by atoms with Gasteiger partial charge in [-0.2, -0.15) is 0 Å². The van der Waals surface area contributed by atoms with Crippen LogP contribution in [0.3, 0.4) is 0 Å². The first-order valence-electron chi connectivity index (χ1n) is 6.69. The summed E-state index contributed by atoms with van der Waals surface area (Å²) in [6.45, 7) is 2.44. The highest BCUT2D eigenvalue weighted by molar-refractivity contribution is 5.94. The molecule has 2 rings (SSSR count). The van der Waals surface area contributed by atoms with Gasteiger partial charge in [0.2, 0.25) is 5.96 Å². The molecule has 21 heavy (non-hydrogen) atoms. The number of carbonyl (C=O) groups excluding carboxylic acids is 1. The van der Waals surface area contributed by atoms with Gasteiger partial charge in [-0.25, -0.2) is 10.5 Å². The minimum absolute atomic E-state index is 0.119. The van der Waals surface area contributed by atoms with Crippen LogP contribution < -0.4 is 11.1 Å². The van der Waals surface area contributed by atoms with Gasteiger partial charge in [-0.15, -0.1) is 5.11 Å². The summed E-state index contributed by atoms with van der Waals surface area (Å²) < 4.78 is 0. The molecule has 0 saturated carbocycles. The van der Waals surface area contributed by atoms with Crippen LogP contribution in [0, 0.1) is 5.53 Å². The Labute approximate surface area is 123 Å². The number of benzene rings is 1. The average molecular weight is 286 g/mol. The molecule has 0 aromatic heterocycles. The number of hydrogen-bond acceptors (Lipinski definition) is 4. The van der Waals surface area contributed by atoms with Crippen LogP contribution in [0.2, 0.25) is 0 Å². The third kappa shape index (κ3) is 4.41. The van der Waals surface area contributed by atoms with Crippen LogP contribution >= 0.6 is 0 Å². The minimum Gasteiger partial charge on any atom is -0.376 e. The van der Waals surface area contributed by atoms with Crippen molar-refractivity contribution in [3.8, 4) is 0 Å². The first kappa shape index (κ1) is 14.7. The number of amides is 1. The molecule has 1 aromatic rings. The van der Waals surface area contributed by atoms with Crippen molar-refractivity contribution in [2.24, 2.45) is 15.8 Å². The second kappa shape index (κ2) is 7.18. The van der Waals surface area contributed by atoms with Gasteiger partial charge in [-0.3, -0.25) is 4.79 Å². The Kier molecular flexibility index (Phi) is 5.03. The molecule has 1 heterocycles. The zero-order chi connectivity index (χ0) is 15.1. The zero-order valence-corrected chi connectivity index (χ0v) is 11.6. The molecule has 4 N–H and O–H groups in total. The SMILES string of the molecule is N=NC(N)=Nc1ccc(C(=O)NCCN2C=CCC2)cc1. The summed E-state index contributed by atoms with van der Waals surface area (Å²) in [6, 6.07) is 6.66. The Morgan fingerprint density at radius 1 is 1.38 bits per heavy atom. The van der Waals surface area contributed by atoms with Gasteiger partial charge in [0.05, 0.1) is 5.69 Å². The predicted molar refractivity (Wildman–Crippen MR) is 80.5 cm³/mol. The Balaban J connectivity index is 1.84. The molecule has 0 spiro atoms. The van der Waals surface area contributed by atoms with Crippen molar-refractivity contribution < 1.29 is 4.79 Å². The normalized spacial score (nSPS) is 14.3. The van der Waals surface area contributed by atoms with Crippen molar-refractivity contribution in [2.45, 2.75) is 6.42 Å². The highest BCUT2D eigenvalue weighted by atomic mass is 16.1. The molecule has 0 aliphatic carbocycles. The maximum absolute atomic E-state index is 12.0. The molecular formula is C14H18N6O. The van der Waals surface area contributed by atoms with Crippen LogP contribution in [-0.2, 0) is 0 Å². The lowest BCUT2D eigenvalue weighted by Gasteiger charge is -2.15. The molecule has 1 aliphatic rings. The number of nitrogens with one attached hydrogen (secondary N) is 2. The second-order valence-corrected chi connectivity index (χ2v) is 4.59. The van der Waals surface area contributed by atoms with Crippen LogP contribution in [0.5, 0.6) is 0 Å². The van der Waals surface area contributed by atoms with Crippen LogP contribution in [0.1, 0.15) is 16.8 Å². The molecule has 0 radical (unpaired) electrons. The number of rotatable bonds is 5. The number of carbonyl (C=O) groups is 1. The van der Waals surface area contributed by atoms with Crippen molar-refractivity contribution in [1.29, 1.82) is 5.53 Å². The standard InChI is InChI=1S/C14H18N6O/c15-14(19-16)18-12-5-3-11(4-6-12)13(21)17-7-10-20-8-1-2-9-20/h1,3-6,8,16H,2,7,9-10H2,(H2,15,18)(H,17,21). The smallest absolute Gasteiger partial charge is 0.251 e. The molecule has 0 atom stereocenters. The molecule has 1 aliphatic heterocycles. The van der Waals surface area contributed by atoms with E-state index in [9.17, 15) is 4.79 Å². The highest BCUT2D eigenvalue weighted by Crippen LogP contribution is 2.13. The van der Waals surface area contributed by atoms with Crippen molar-refractivity contribution in [3.05, 3.63) is 42.1 Å². The monoisotopic (exact) mass is 286 g/mol. The lowest BCUT2D eigenvalue weighted by atomic mass is 10.2. The lowest BCUT2D eigenvalue weighted by molar-refractivity contribution is 0.0951. The van der Waals surface area contributed by atoms with E-state index in [1.54, 1.807) is 24.3 Å². The van der Waals surface area contributed by atoms with E-state index in [-0.39, 0.29) is 11.9 Å². The molecule has 0 fully saturated rings. The Morgan fingerprint density at radius 2 is 2.14 bits per heavy atom. The summed E-state index contributed by atoms with van der Waals surface area (Å²) in [7, 11) is 0. The van der Waals surface area contributed by atoms with E-state index in [1.807, 2.05) is 0 Å². The first-order valence-corrected chi connectivity index (χ1v) is 6.69. The van der Waals surface area contributed by atoms with Crippen molar-refractivity contribution in [2.75, 3.05) is 19.6 Å². The van der Waals surface area contributed by atoms with Gasteiger partial charge in [0.1, 0.15) is 0 Å². The van der Waals surface area contributed by atoms with Gasteiger partial charge in [0, 0.05) is 25.2 Å². The summed E-state index contributed by atoms with van der Waals surface area (Å²) in [4.78, 5) is 18.0. The van der Waals surface area contributed by atoms with E-state index in [0.717, 1.165) is 19.5 Å². The van der Waals surface area contributed by atoms with E-state index in [2.05, 4.69) is 32.6 Å². The Hall–Kier alpha value is -2.70. The van der Waals surface area contributed by atoms with Gasteiger partial charge in [-0.1, -0.05) is 6.08 Å². The van der Waals surface area contributed by atoms with Crippen LogP contribution in [0.15, 0.2) is 46.6 Å². The molecule has 1 aromatic carbocycles. The van der Waals surface area contributed by atoms with Crippen LogP contribution in [0.4, 0.5) is 5.69 Å². The maximum Gasteiger partial charge on any atom is 0.251 e. The van der Waals surface area contributed by atoms with E-state index in [1.165, 1.54) is 0 Å². The maximum atomic E-state index is 12.0. The lowest BCUT2D eigenvalue weighted by Crippen LogP contribution is -2.31. The molecule has 7 heteroatoms. The molecular weight excluding hydrogens is 268 g/mol. The van der Waals surface area contributed by atoms with Gasteiger partial charge in [0.15, 0.2) is 0 Å². The third-order valence-corrected chi connectivity index (χ3v) is 3.07. The summed E-state index contributed by atoms with van der Waals surface area (Å²) in [5.74, 6) is -0.238. The van der Waals surface area contributed by atoms with E-state index >= 15 is 0 Å². The number of hydrogen-bond donors (Lipinski definition) is 3. The highest BCUT2D eigenvalue weighted by Gasteiger charge is 2.07. The Bertz CT molecular complexity index is 563. The molecule has 0 saturated heterocycles. The van der Waals surface area contributed by atoms with E-state index in [0.29, 0.717) is 17.8 Å². The Morgan fingerprint density at radius 3 is 2.76 bits per heavy atom. The molecule has 7 nitrogen and oxygen atoms in total. The summed E-state index contributed by atoms with van der Waals surface area (Å²) in [5.41, 5.74) is 13.2. The number of nitrogens with zero attached hydrogens (tertiary/aromatic N) is 3. The van der Waals surface area contributed by atoms with E-state index in [4.69, 9.17) is 11.3 Å². The number of aliphatic imine (C=N–C) groups is 1. The van der Waals surface area contributed by atoms with Crippen molar-refractivity contribution in [1.82, 2.24) is 10.2 Å². The topological polar surface area (TPSA) is 107 Å². The van der Waals surface area contributed by atoms with Crippen molar-refractivity contribution in [3.63, 3.8) is 0 Å². The first-order chi connectivity index (χ1) is 10.2. The molecule has 1 amide bonds. The summed E-state index contributed by atoms with van der Waals surface area (Å²) in [6.07, 6.45) is 5.25. The van der Waals surface area contributed by atoms with Crippen molar-refractivity contribution >= 4 is 17.6 Å². The van der Waals surface area contributed by atoms with Gasteiger partial charge >= 0.3 is 0 Å². The summed E-state index contributed by atoms with van der Waals surface area (Å²) >= 11 is 0. The fraction of sp³-hybridized carbons (Fsp3) is 0.286. The largest absolute Gasteiger partial charge is 0.376 e. The predicted octanol–water partition coefficient (Wildman–Crippen LogP) is 1.61. The van der Waals surface area contributed by atoms with Gasteiger partial charge in [-0.05, 0) is 36.9 Å². The second-order valence-electron chi connectivity index (χ2n) is 4.59. The summed E-state index contributed by atoms with van der Waals surface area (Å²) in [5, 5.41) is 5.88. The number of guanidine groups is 1. The van der Waals surface area contributed by atoms with Crippen LogP contribution in [-0.4, -0.2) is 36.4 Å². The molecule has 0 unspecified atom stereocenters. The molecule has 0 bridgehead atoms. The van der Waals surface area contributed by atoms with Crippen LogP contribution in [0.25, 0.3) is 0 Å². The fourth-order valence-electron chi connectivity index (χ4n) is 1.98. The fourth-order valence-corrected chi connectivity index (χ4v) is 1.98. The van der Waals surface area contributed by atoms with E-state index < -0.39 is 0 Å². The third-order valence-electron chi connectivity index (χ3n) is 3.07.